The summed E-state index contributed by atoms with van der Waals surface area (Å²) in [6, 6.07) is 0. The molecular weight excluding hydrogens is 336 g/mol. The molecule has 6 heteroatoms. The Kier molecular flexibility index (Phi) is 11.4. The zero-order chi connectivity index (χ0) is 19.4. The van der Waals surface area contributed by atoms with Crippen LogP contribution in [0.4, 0.5) is 0 Å². The number of aliphatic hydroxyl groups is 4. The van der Waals surface area contributed by atoms with Crippen molar-refractivity contribution in [3.63, 3.8) is 0 Å². The molecule has 0 radical (unpaired) electrons. The molecule has 0 aromatic rings. The van der Waals surface area contributed by atoms with E-state index < -0.39 is 24.3 Å². The minimum atomic E-state index is -0.798. The first-order valence-corrected chi connectivity index (χ1v) is 9.65. The number of allylic oxidation sites excluding steroid dienone is 2. The number of hydrogen-bond donors (Lipinski definition) is 5. The van der Waals surface area contributed by atoms with Gasteiger partial charge in [-0.3, -0.25) is 4.79 Å². The van der Waals surface area contributed by atoms with Crippen LogP contribution in [0.3, 0.4) is 0 Å². The number of aliphatic hydroxyl groups excluding tert-OH is 4. The number of carbonyl (C=O) groups is 1. The van der Waals surface area contributed by atoms with Gasteiger partial charge in [0.1, 0.15) is 0 Å². The van der Waals surface area contributed by atoms with Gasteiger partial charge in [-0.15, -0.1) is 0 Å². The van der Waals surface area contributed by atoms with Crippen molar-refractivity contribution in [2.75, 3.05) is 6.61 Å². The molecule has 1 fully saturated rings. The summed E-state index contributed by atoms with van der Waals surface area (Å²) in [4.78, 5) is 10.5. The van der Waals surface area contributed by atoms with E-state index in [0.717, 1.165) is 19.3 Å². The predicted octanol–water partition coefficient (Wildman–Crippen LogP) is 2.02. The van der Waals surface area contributed by atoms with E-state index in [-0.39, 0.29) is 24.9 Å². The van der Waals surface area contributed by atoms with Gasteiger partial charge in [0.05, 0.1) is 18.3 Å². The molecule has 5 N–H and O–H groups in total. The van der Waals surface area contributed by atoms with E-state index in [1.54, 1.807) is 6.08 Å². The second kappa shape index (κ2) is 13.0. The van der Waals surface area contributed by atoms with Crippen molar-refractivity contribution in [2.24, 2.45) is 11.8 Å². The quantitative estimate of drug-likeness (QED) is 0.250. The highest BCUT2D eigenvalue weighted by molar-refractivity contribution is 5.66. The number of rotatable bonds is 13. The highest BCUT2D eigenvalue weighted by atomic mass is 16.4. The first-order valence-electron chi connectivity index (χ1n) is 9.65. The fourth-order valence-corrected chi connectivity index (χ4v) is 3.44. The van der Waals surface area contributed by atoms with E-state index >= 15 is 0 Å². The number of aliphatic carboxylic acids is 1. The number of carboxylic acid groups (broad SMARTS) is 1. The summed E-state index contributed by atoms with van der Waals surface area (Å²) in [5.74, 6) is -1.09. The summed E-state index contributed by atoms with van der Waals surface area (Å²) < 4.78 is 0. The lowest BCUT2D eigenvalue weighted by Crippen LogP contribution is -2.20. The molecule has 0 aromatic carbocycles. The zero-order valence-electron chi connectivity index (χ0n) is 15.4. The maximum absolute atomic E-state index is 10.5. The van der Waals surface area contributed by atoms with Gasteiger partial charge in [-0.1, -0.05) is 37.1 Å². The summed E-state index contributed by atoms with van der Waals surface area (Å²) in [5.41, 5.74) is 0. The van der Waals surface area contributed by atoms with E-state index in [9.17, 15) is 20.1 Å². The Morgan fingerprint density at radius 3 is 2.54 bits per heavy atom. The normalized spacial score (nSPS) is 27.5. The van der Waals surface area contributed by atoms with Crippen LogP contribution in [-0.4, -0.2) is 56.4 Å². The maximum atomic E-state index is 10.5. The van der Waals surface area contributed by atoms with Crippen LogP contribution < -0.4 is 0 Å². The molecule has 0 aromatic heterocycles. The van der Waals surface area contributed by atoms with Gasteiger partial charge in [0.25, 0.3) is 0 Å². The van der Waals surface area contributed by atoms with Crippen molar-refractivity contribution in [2.45, 2.75) is 76.1 Å². The van der Waals surface area contributed by atoms with Crippen LogP contribution in [0.15, 0.2) is 24.3 Å². The summed E-state index contributed by atoms with van der Waals surface area (Å²) >= 11 is 0. The Labute approximate surface area is 155 Å². The summed E-state index contributed by atoms with van der Waals surface area (Å²) in [7, 11) is 0. The third-order valence-electron chi connectivity index (χ3n) is 4.97. The van der Waals surface area contributed by atoms with Crippen molar-refractivity contribution in [1.29, 1.82) is 0 Å². The monoisotopic (exact) mass is 370 g/mol. The Morgan fingerprint density at radius 1 is 1.08 bits per heavy atom. The Bertz CT molecular complexity index is 448. The topological polar surface area (TPSA) is 118 Å². The van der Waals surface area contributed by atoms with Crippen LogP contribution in [0, 0.1) is 11.8 Å². The molecule has 0 spiro atoms. The van der Waals surface area contributed by atoms with Crippen molar-refractivity contribution in [1.82, 2.24) is 0 Å². The molecule has 6 nitrogen and oxygen atoms in total. The van der Waals surface area contributed by atoms with Crippen LogP contribution in [0.1, 0.15) is 57.8 Å². The maximum Gasteiger partial charge on any atom is 0.303 e. The largest absolute Gasteiger partial charge is 0.481 e. The molecule has 1 saturated carbocycles. The van der Waals surface area contributed by atoms with Crippen LogP contribution in [0.5, 0.6) is 0 Å². The Hall–Kier alpha value is -1.21. The molecule has 26 heavy (non-hydrogen) atoms. The summed E-state index contributed by atoms with van der Waals surface area (Å²) in [5, 5.41) is 47.7. The fraction of sp³-hybridized carbons (Fsp3) is 0.750. The third-order valence-corrected chi connectivity index (χ3v) is 4.97. The van der Waals surface area contributed by atoms with E-state index in [2.05, 4.69) is 0 Å². The van der Waals surface area contributed by atoms with Crippen molar-refractivity contribution in [3.05, 3.63) is 24.3 Å². The van der Waals surface area contributed by atoms with Gasteiger partial charge in [-0.05, 0) is 38.0 Å². The summed E-state index contributed by atoms with van der Waals surface area (Å²) in [6.07, 6.45) is 11.1. The zero-order valence-corrected chi connectivity index (χ0v) is 15.4. The molecule has 1 rings (SSSR count). The SMILES string of the molecule is O=C(O)CCC/C=C/C[C@@H]1[C@@H](/C=C\[C@@H](O)CCCCCO)[C@H](O)C[C@@H]1O. The number of hydrogen-bond acceptors (Lipinski definition) is 5. The molecule has 0 amide bonds. The molecule has 0 bridgehead atoms. The van der Waals surface area contributed by atoms with E-state index in [4.69, 9.17) is 10.2 Å². The van der Waals surface area contributed by atoms with Crippen LogP contribution in [0.2, 0.25) is 0 Å². The van der Waals surface area contributed by atoms with Crippen LogP contribution >= 0.6 is 0 Å². The minimum Gasteiger partial charge on any atom is -0.481 e. The lowest BCUT2D eigenvalue weighted by Gasteiger charge is -2.19. The van der Waals surface area contributed by atoms with Gasteiger partial charge in [0.15, 0.2) is 0 Å². The second-order valence-electron chi connectivity index (χ2n) is 7.13. The Balaban J connectivity index is 2.44. The average molecular weight is 370 g/mol. The molecule has 1 aliphatic rings. The highest BCUT2D eigenvalue weighted by Gasteiger charge is 2.39. The van der Waals surface area contributed by atoms with E-state index in [0.29, 0.717) is 32.1 Å². The van der Waals surface area contributed by atoms with Crippen LogP contribution in [0.25, 0.3) is 0 Å². The fourth-order valence-electron chi connectivity index (χ4n) is 3.44. The van der Waals surface area contributed by atoms with Gasteiger partial charge in [0.2, 0.25) is 0 Å². The average Bonchev–Trinajstić information content (AvgIpc) is 2.85. The third kappa shape index (κ3) is 8.94. The molecule has 150 valence electrons. The molecule has 0 saturated heterocycles. The van der Waals surface area contributed by atoms with Crippen molar-refractivity contribution in [3.8, 4) is 0 Å². The van der Waals surface area contributed by atoms with Gasteiger partial charge in [-0.2, -0.15) is 0 Å². The van der Waals surface area contributed by atoms with Gasteiger partial charge >= 0.3 is 5.97 Å². The first-order chi connectivity index (χ1) is 12.5. The summed E-state index contributed by atoms with van der Waals surface area (Å²) in [6.45, 7) is 0.170. The van der Waals surface area contributed by atoms with Crippen LogP contribution in [-0.2, 0) is 4.79 Å². The Morgan fingerprint density at radius 2 is 1.85 bits per heavy atom. The van der Waals surface area contributed by atoms with Gasteiger partial charge in [-0.25, -0.2) is 0 Å². The minimum absolute atomic E-state index is 0.0986. The van der Waals surface area contributed by atoms with Gasteiger partial charge in [0, 0.05) is 25.4 Å². The molecule has 0 heterocycles. The standard InChI is InChI=1S/C20H34O6/c21-13-7-3-4-8-15(22)11-12-17-16(18(23)14-19(17)24)9-5-1-2-6-10-20(25)26/h1,5,11-12,15-19,21-24H,2-4,6-10,13-14H2,(H,25,26)/b5-1+,12-11-/t15-,16+,17+,18-,19+/m0/s1. The molecule has 5 atom stereocenters. The van der Waals surface area contributed by atoms with Crippen molar-refractivity contribution < 1.29 is 30.3 Å². The van der Waals surface area contributed by atoms with E-state index in [1.807, 2.05) is 18.2 Å². The lowest BCUT2D eigenvalue weighted by molar-refractivity contribution is -0.137. The highest BCUT2D eigenvalue weighted by Crippen LogP contribution is 2.36. The predicted molar refractivity (Wildman–Crippen MR) is 99.6 cm³/mol. The molecule has 1 aliphatic carbocycles. The second-order valence-corrected chi connectivity index (χ2v) is 7.13. The molecular formula is C20H34O6. The lowest BCUT2D eigenvalue weighted by atomic mass is 9.89. The van der Waals surface area contributed by atoms with Gasteiger partial charge < -0.3 is 25.5 Å². The molecule has 0 unspecified atom stereocenters. The van der Waals surface area contributed by atoms with Crippen molar-refractivity contribution >= 4 is 5.97 Å². The molecule has 0 aliphatic heterocycles. The first kappa shape index (κ1) is 22.8. The number of carboxylic acids is 1. The van der Waals surface area contributed by atoms with E-state index in [1.165, 1.54) is 0 Å². The smallest absolute Gasteiger partial charge is 0.303 e. The number of unbranched alkanes of at least 4 members (excludes halogenated alkanes) is 3.